The lowest BCUT2D eigenvalue weighted by Gasteiger charge is -2.39. The van der Waals surface area contributed by atoms with Crippen LogP contribution in [0.3, 0.4) is 0 Å². The second-order valence-electron chi connectivity index (χ2n) is 12.4. The first-order valence-electron chi connectivity index (χ1n) is 12.2. The van der Waals surface area contributed by atoms with Gasteiger partial charge in [-0.2, -0.15) is 0 Å². The van der Waals surface area contributed by atoms with Gasteiger partial charge < -0.3 is 18.9 Å². The van der Waals surface area contributed by atoms with Gasteiger partial charge in [-0.1, -0.05) is 55.4 Å². The van der Waals surface area contributed by atoms with Crippen molar-refractivity contribution in [2.45, 2.75) is 111 Å². The molecule has 0 fully saturated rings. The summed E-state index contributed by atoms with van der Waals surface area (Å²) < 4.78 is 19.0. The van der Waals surface area contributed by atoms with Crippen molar-refractivity contribution in [3.05, 3.63) is 24.3 Å². The molecule has 0 aliphatic carbocycles. The second kappa shape index (κ2) is 11.5. The Hall–Kier alpha value is -1.16. The van der Waals surface area contributed by atoms with E-state index in [0.717, 1.165) is 23.9 Å². The minimum Gasteiger partial charge on any atom is -0.534 e. The number of ether oxygens (including phenoxy) is 1. The first kappa shape index (κ1) is 29.9. The highest BCUT2D eigenvalue weighted by atomic mass is 28.4. The molecule has 0 amide bonds. The van der Waals surface area contributed by atoms with Crippen molar-refractivity contribution in [1.29, 1.82) is 0 Å². The van der Waals surface area contributed by atoms with Gasteiger partial charge in [0.2, 0.25) is 0 Å². The van der Waals surface area contributed by atoms with E-state index >= 15 is 0 Å². The Balaban J connectivity index is 2.82. The van der Waals surface area contributed by atoms with Crippen LogP contribution in [0.15, 0.2) is 29.3 Å². The van der Waals surface area contributed by atoms with Crippen molar-refractivity contribution < 1.29 is 13.6 Å². The maximum absolute atomic E-state index is 6.64. The summed E-state index contributed by atoms with van der Waals surface area (Å²) >= 11 is 0. The van der Waals surface area contributed by atoms with Gasteiger partial charge in [0.05, 0.1) is 11.8 Å². The summed E-state index contributed by atoms with van der Waals surface area (Å²) in [7, 11) is -3.77. The normalized spacial score (nSPS) is 15.0. The topological polar surface area (TPSA) is 52.1 Å². The van der Waals surface area contributed by atoms with Crippen LogP contribution < -0.4 is 10.1 Å². The van der Waals surface area contributed by atoms with E-state index in [0.29, 0.717) is 12.6 Å². The molecule has 0 spiro atoms. The lowest BCUT2D eigenvalue weighted by Crippen LogP contribution is -2.48. The largest absolute Gasteiger partial charge is 0.534 e. The highest BCUT2D eigenvalue weighted by Crippen LogP contribution is 2.38. The number of hydrogen-bond donors (Lipinski definition) is 1. The third-order valence-electron chi connectivity index (χ3n) is 6.79. The fourth-order valence-corrected chi connectivity index (χ4v) is 5.06. The molecule has 0 aromatic heterocycles. The van der Waals surface area contributed by atoms with E-state index in [1.54, 1.807) is 0 Å². The fourth-order valence-electron chi connectivity index (χ4n) is 2.63. The lowest BCUT2D eigenvalue weighted by atomic mass is 10.2. The van der Waals surface area contributed by atoms with Crippen LogP contribution in [0.4, 0.5) is 5.69 Å². The van der Waals surface area contributed by atoms with Gasteiger partial charge in [0.1, 0.15) is 12.4 Å². The molecule has 5 nitrogen and oxygen atoms in total. The van der Waals surface area contributed by atoms with Gasteiger partial charge in [-0.3, -0.25) is 0 Å². The van der Waals surface area contributed by atoms with E-state index in [1.165, 1.54) is 0 Å². The quantitative estimate of drug-likeness (QED) is 0.207. The Morgan fingerprint density at radius 2 is 1.42 bits per heavy atom. The maximum atomic E-state index is 6.64. The van der Waals surface area contributed by atoms with Gasteiger partial charge >= 0.3 is 0 Å². The molecule has 0 aliphatic rings. The molecule has 1 atom stereocenters. The molecule has 1 unspecified atom stereocenters. The zero-order chi connectivity index (χ0) is 25.7. The monoisotopic (exact) mass is 494 g/mol. The van der Waals surface area contributed by atoms with E-state index in [1.807, 2.05) is 31.2 Å². The van der Waals surface area contributed by atoms with Crippen LogP contribution in [0, 0.1) is 0 Å². The summed E-state index contributed by atoms with van der Waals surface area (Å²) in [6, 6.07) is 8.30. The Bertz CT molecular complexity index is 761. The maximum Gasteiger partial charge on any atom is 0.252 e. The second-order valence-corrected chi connectivity index (χ2v) is 21.8. The van der Waals surface area contributed by atoms with Crippen LogP contribution in [-0.2, 0) is 8.85 Å². The number of nitrogens with zero attached hydrogens (tertiary/aromatic N) is 1. The van der Waals surface area contributed by atoms with E-state index < -0.39 is 16.6 Å². The third kappa shape index (κ3) is 9.93. The van der Waals surface area contributed by atoms with Crippen molar-refractivity contribution in [3.63, 3.8) is 0 Å². The highest BCUT2D eigenvalue weighted by Gasteiger charge is 2.40. The standard InChI is InChI=1S/C26H50N2O3Si2/c1-20(2)27-18-24(31-33(12,13)26(7,8)9)19-29-23-16-14-22(15-17-23)28-21(3)30-32(10,11)25(4,5)6/h14-17,20,24,27H,18-19H2,1-13H3. The molecule has 0 bridgehead atoms. The molecule has 1 aromatic carbocycles. The molecule has 1 aromatic rings. The molecule has 190 valence electrons. The van der Waals surface area contributed by atoms with Gasteiger partial charge in [0.15, 0.2) is 14.2 Å². The Morgan fingerprint density at radius 3 is 1.88 bits per heavy atom. The SMILES string of the molecule is CC(=Nc1ccc(OCC(CNC(C)C)O[Si](C)(C)C(C)(C)C)cc1)O[Si](C)(C)C(C)(C)C. The molecule has 0 saturated carbocycles. The highest BCUT2D eigenvalue weighted by molar-refractivity contribution is 6.75. The van der Waals surface area contributed by atoms with E-state index in [9.17, 15) is 0 Å². The summed E-state index contributed by atoms with van der Waals surface area (Å²) in [5, 5.41) is 3.81. The van der Waals surface area contributed by atoms with Crippen molar-refractivity contribution >= 4 is 28.2 Å². The summed E-state index contributed by atoms with van der Waals surface area (Å²) in [6.45, 7) is 30.1. The van der Waals surface area contributed by atoms with Crippen LogP contribution >= 0.6 is 0 Å². The predicted molar refractivity (Wildman–Crippen MR) is 148 cm³/mol. The zero-order valence-corrected chi connectivity index (χ0v) is 25.6. The fraction of sp³-hybridized carbons (Fsp3) is 0.731. The van der Waals surface area contributed by atoms with Gasteiger partial charge in [0.25, 0.3) is 8.32 Å². The summed E-state index contributed by atoms with van der Waals surface area (Å²) in [6.07, 6.45) is 0.00576. The number of benzene rings is 1. The molecule has 1 N–H and O–H groups in total. The minimum atomic E-state index is -1.89. The number of rotatable bonds is 10. The van der Waals surface area contributed by atoms with Gasteiger partial charge in [-0.25, -0.2) is 4.99 Å². The summed E-state index contributed by atoms with van der Waals surface area (Å²) in [5.41, 5.74) is 0.870. The van der Waals surface area contributed by atoms with Crippen LogP contribution in [0.25, 0.3) is 0 Å². The first-order chi connectivity index (χ1) is 14.8. The predicted octanol–water partition coefficient (Wildman–Crippen LogP) is 7.53. The minimum absolute atomic E-state index is 0.00576. The molecule has 0 heterocycles. The van der Waals surface area contributed by atoms with E-state index in [-0.39, 0.29) is 16.2 Å². The van der Waals surface area contributed by atoms with Crippen LogP contribution in [0.2, 0.25) is 36.3 Å². The molecule has 33 heavy (non-hydrogen) atoms. The smallest absolute Gasteiger partial charge is 0.252 e. The van der Waals surface area contributed by atoms with Crippen molar-refractivity contribution in [1.82, 2.24) is 5.32 Å². The molecule has 0 saturated heterocycles. The van der Waals surface area contributed by atoms with Gasteiger partial charge in [0, 0.05) is 19.5 Å². The average molecular weight is 495 g/mol. The Labute approximate surface area is 206 Å². The van der Waals surface area contributed by atoms with E-state index in [2.05, 4.69) is 91.9 Å². The molecular formula is C26H50N2O3Si2. The molecule has 0 radical (unpaired) electrons. The zero-order valence-electron chi connectivity index (χ0n) is 23.6. The summed E-state index contributed by atoms with van der Waals surface area (Å²) in [5.74, 6) is 1.54. The van der Waals surface area contributed by atoms with E-state index in [4.69, 9.17) is 13.6 Å². The number of nitrogens with one attached hydrogen (secondary N) is 1. The van der Waals surface area contributed by atoms with Crippen LogP contribution in [0.5, 0.6) is 5.75 Å². The van der Waals surface area contributed by atoms with Gasteiger partial charge in [-0.15, -0.1) is 0 Å². The molecular weight excluding hydrogens is 444 g/mol. The van der Waals surface area contributed by atoms with Crippen LogP contribution in [-0.4, -0.2) is 47.8 Å². The Morgan fingerprint density at radius 1 is 0.909 bits per heavy atom. The number of hydrogen-bond acceptors (Lipinski definition) is 5. The summed E-state index contributed by atoms with van der Waals surface area (Å²) in [4.78, 5) is 4.66. The average Bonchev–Trinajstić information content (AvgIpc) is 2.62. The third-order valence-corrected chi connectivity index (χ3v) is 15.7. The van der Waals surface area contributed by atoms with Crippen LogP contribution in [0.1, 0.15) is 62.3 Å². The Kier molecular flexibility index (Phi) is 10.4. The number of aliphatic imine (C=N–C) groups is 1. The first-order valence-corrected chi connectivity index (χ1v) is 18.0. The lowest BCUT2D eigenvalue weighted by molar-refractivity contribution is 0.112. The van der Waals surface area contributed by atoms with Crippen molar-refractivity contribution in [3.8, 4) is 5.75 Å². The molecule has 1 rings (SSSR count). The van der Waals surface area contributed by atoms with Crippen molar-refractivity contribution in [2.24, 2.45) is 4.99 Å². The van der Waals surface area contributed by atoms with Gasteiger partial charge in [-0.05, 0) is 60.5 Å². The molecule has 7 heteroatoms. The van der Waals surface area contributed by atoms with Crippen molar-refractivity contribution in [2.75, 3.05) is 13.2 Å². The molecule has 0 aliphatic heterocycles.